The second kappa shape index (κ2) is 8.23. The Kier molecular flexibility index (Phi) is 5.78. The number of carbonyl (C=O) groups is 1. The van der Waals surface area contributed by atoms with Crippen LogP contribution in [-0.2, 0) is 4.79 Å². The summed E-state index contributed by atoms with van der Waals surface area (Å²) in [6.07, 6.45) is 0. The molecule has 138 valence electrons. The Hall–Kier alpha value is -2.53. The number of ether oxygens (including phenoxy) is 1. The van der Waals surface area contributed by atoms with E-state index >= 15 is 0 Å². The average Bonchev–Trinajstić information content (AvgIpc) is 2.68. The quantitative estimate of drug-likeness (QED) is 0.864. The van der Waals surface area contributed by atoms with Crippen LogP contribution >= 0.6 is 0 Å². The van der Waals surface area contributed by atoms with E-state index in [1.54, 1.807) is 7.11 Å². The predicted molar refractivity (Wildman–Crippen MR) is 103 cm³/mol. The van der Waals surface area contributed by atoms with Gasteiger partial charge in [-0.2, -0.15) is 0 Å². The SMILES string of the molecule is COc1ccccc1N1CCN(C(C)C(C(=O)O)c2ccccc2)CC1. The standard InChI is InChI=1S/C21H26N2O3/c1-16(20(21(24)25)17-8-4-3-5-9-17)22-12-14-23(15-13-22)18-10-6-7-11-19(18)26-2/h3-11,16,20H,12-15H2,1-2H3,(H,24,25). The van der Waals surface area contributed by atoms with E-state index in [9.17, 15) is 9.90 Å². The van der Waals surface area contributed by atoms with Crippen LogP contribution in [0.2, 0.25) is 0 Å². The zero-order valence-corrected chi connectivity index (χ0v) is 15.3. The number of aliphatic carboxylic acids is 1. The average molecular weight is 354 g/mol. The van der Waals surface area contributed by atoms with Gasteiger partial charge >= 0.3 is 5.97 Å². The van der Waals surface area contributed by atoms with Gasteiger partial charge in [0.25, 0.3) is 0 Å². The molecule has 0 aromatic heterocycles. The molecule has 1 aliphatic heterocycles. The van der Waals surface area contributed by atoms with Gasteiger partial charge in [-0.3, -0.25) is 9.69 Å². The molecule has 2 aromatic rings. The Labute approximate surface area is 154 Å². The van der Waals surface area contributed by atoms with Gasteiger partial charge in [-0.25, -0.2) is 0 Å². The zero-order valence-electron chi connectivity index (χ0n) is 15.3. The highest BCUT2D eigenvalue weighted by atomic mass is 16.5. The molecule has 1 N–H and O–H groups in total. The number of nitrogens with zero attached hydrogens (tertiary/aromatic N) is 2. The molecule has 3 rings (SSSR count). The number of anilines is 1. The topological polar surface area (TPSA) is 53.0 Å². The number of piperazine rings is 1. The van der Waals surface area contributed by atoms with E-state index < -0.39 is 11.9 Å². The van der Waals surface area contributed by atoms with Gasteiger partial charge in [0, 0.05) is 32.2 Å². The van der Waals surface area contributed by atoms with Gasteiger partial charge in [0.05, 0.1) is 18.7 Å². The third-order valence-corrected chi connectivity index (χ3v) is 5.22. The molecule has 5 nitrogen and oxygen atoms in total. The van der Waals surface area contributed by atoms with Crippen molar-refractivity contribution in [3.05, 3.63) is 60.2 Å². The molecule has 0 saturated carbocycles. The van der Waals surface area contributed by atoms with Crippen molar-refractivity contribution in [2.75, 3.05) is 38.2 Å². The van der Waals surface area contributed by atoms with E-state index in [0.717, 1.165) is 43.2 Å². The third kappa shape index (κ3) is 3.83. The molecule has 1 aliphatic rings. The molecule has 0 radical (unpaired) electrons. The Balaban J connectivity index is 1.69. The maximum atomic E-state index is 11.9. The van der Waals surface area contributed by atoms with Crippen LogP contribution in [0.3, 0.4) is 0 Å². The van der Waals surface area contributed by atoms with Gasteiger partial charge in [0.1, 0.15) is 5.75 Å². The van der Waals surface area contributed by atoms with Crippen LogP contribution in [0.5, 0.6) is 5.75 Å². The van der Waals surface area contributed by atoms with Crippen LogP contribution in [-0.4, -0.2) is 55.3 Å². The van der Waals surface area contributed by atoms with Crippen LogP contribution in [0.25, 0.3) is 0 Å². The van der Waals surface area contributed by atoms with Crippen molar-refractivity contribution >= 4 is 11.7 Å². The highest BCUT2D eigenvalue weighted by molar-refractivity contribution is 5.77. The molecule has 1 heterocycles. The fourth-order valence-electron chi connectivity index (χ4n) is 3.76. The number of carboxylic acids is 1. The van der Waals surface area contributed by atoms with Crippen LogP contribution in [0.4, 0.5) is 5.69 Å². The number of hydrogen-bond acceptors (Lipinski definition) is 4. The molecule has 5 heteroatoms. The van der Waals surface area contributed by atoms with Crippen LogP contribution in [0.15, 0.2) is 54.6 Å². The van der Waals surface area contributed by atoms with E-state index in [4.69, 9.17) is 4.74 Å². The normalized spacial score (nSPS) is 17.5. The summed E-state index contributed by atoms with van der Waals surface area (Å²) in [5.74, 6) is -0.411. The molecule has 0 amide bonds. The lowest BCUT2D eigenvalue weighted by Crippen LogP contribution is -2.52. The Bertz CT molecular complexity index is 727. The number of methoxy groups -OCH3 is 1. The van der Waals surface area contributed by atoms with Crippen molar-refractivity contribution < 1.29 is 14.6 Å². The van der Waals surface area contributed by atoms with Gasteiger partial charge in [-0.1, -0.05) is 42.5 Å². The van der Waals surface area contributed by atoms with Crippen molar-refractivity contribution in [3.63, 3.8) is 0 Å². The largest absolute Gasteiger partial charge is 0.495 e. The lowest BCUT2D eigenvalue weighted by molar-refractivity contribution is -0.140. The molecule has 2 unspecified atom stereocenters. The minimum absolute atomic E-state index is 0.0604. The summed E-state index contributed by atoms with van der Waals surface area (Å²) in [7, 11) is 1.69. The minimum atomic E-state index is -0.768. The fourth-order valence-corrected chi connectivity index (χ4v) is 3.76. The first-order valence-electron chi connectivity index (χ1n) is 9.01. The number of hydrogen-bond donors (Lipinski definition) is 1. The summed E-state index contributed by atoms with van der Waals surface area (Å²) < 4.78 is 5.47. The summed E-state index contributed by atoms with van der Waals surface area (Å²) in [6.45, 7) is 5.38. The first kappa shape index (κ1) is 18.3. The number of rotatable bonds is 6. The molecule has 2 aromatic carbocycles. The van der Waals surface area contributed by atoms with Crippen molar-refractivity contribution in [2.45, 2.75) is 18.9 Å². The van der Waals surface area contributed by atoms with Gasteiger partial charge < -0.3 is 14.7 Å². The number of benzene rings is 2. The van der Waals surface area contributed by atoms with Gasteiger partial charge in [0.2, 0.25) is 0 Å². The monoisotopic (exact) mass is 354 g/mol. The summed E-state index contributed by atoms with van der Waals surface area (Å²) in [6, 6.07) is 17.5. The molecule has 26 heavy (non-hydrogen) atoms. The third-order valence-electron chi connectivity index (χ3n) is 5.22. The maximum Gasteiger partial charge on any atom is 0.312 e. The van der Waals surface area contributed by atoms with E-state index in [1.807, 2.05) is 55.5 Å². The smallest absolute Gasteiger partial charge is 0.312 e. The highest BCUT2D eigenvalue weighted by Gasteiger charge is 2.32. The summed E-state index contributed by atoms with van der Waals surface area (Å²) in [5.41, 5.74) is 1.96. The van der Waals surface area contributed by atoms with Crippen molar-refractivity contribution in [1.82, 2.24) is 4.90 Å². The molecule has 1 saturated heterocycles. The van der Waals surface area contributed by atoms with Gasteiger partial charge in [-0.15, -0.1) is 0 Å². The molecular formula is C21H26N2O3. The zero-order chi connectivity index (χ0) is 18.5. The van der Waals surface area contributed by atoms with E-state index in [2.05, 4.69) is 15.9 Å². The fraction of sp³-hybridized carbons (Fsp3) is 0.381. The second-order valence-corrected chi connectivity index (χ2v) is 6.66. The van der Waals surface area contributed by atoms with E-state index in [0.29, 0.717) is 0 Å². The number of para-hydroxylation sites is 2. The predicted octanol–water partition coefficient (Wildman–Crippen LogP) is 3.07. The summed E-state index contributed by atoms with van der Waals surface area (Å²) >= 11 is 0. The molecular weight excluding hydrogens is 328 g/mol. The lowest BCUT2D eigenvalue weighted by Gasteiger charge is -2.41. The molecule has 0 spiro atoms. The van der Waals surface area contributed by atoms with E-state index in [1.165, 1.54) is 0 Å². The van der Waals surface area contributed by atoms with Crippen molar-refractivity contribution in [2.24, 2.45) is 0 Å². The van der Waals surface area contributed by atoms with Crippen molar-refractivity contribution in [1.29, 1.82) is 0 Å². The minimum Gasteiger partial charge on any atom is -0.495 e. The first-order valence-corrected chi connectivity index (χ1v) is 9.01. The second-order valence-electron chi connectivity index (χ2n) is 6.66. The van der Waals surface area contributed by atoms with E-state index in [-0.39, 0.29) is 6.04 Å². The summed E-state index contributed by atoms with van der Waals surface area (Å²) in [5, 5.41) is 9.77. The van der Waals surface area contributed by atoms with Crippen LogP contribution < -0.4 is 9.64 Å². The highest BCUT2D eigenvalue weighted by Crippen LogP contribution is 2.30. The number of carboxylic acid groups (broad SMARTS) is 1. The van der Waals surface area contributed by atoms with Crippen molar-refractivity contribution in [3.8, 4) is 5.75 Å². The summed E-state index contributed by atoms with van der Waals surface area (Å²) in [4.78, 5) is 16.5. The maximum absolute atomic E-state index is 11.9. The van der Waals surface area contributed by atoms with Crippen LogP contribution in [0, 0.1) is 0 Å². The molecule has 0 bridgehead atoms. The Morgan fingerprint density at radius 2 is 1.62 bits per heavy atom. The van der Waals surface area contributed by atoms with Gasteiger partial charge in [-0.05, 0) is 24.6 Å². The van der Waals surface area contributed by atoms with Crippen LogP contribution in [0.1, 0.15) is 18.4 Å². The lowest BCUT2D eigenvalue weighted by atomic mass is 9.91. The van der Waals surface area contributed by atoms with Gasteiger partial charge in [0.15, 0.2) is 0 Å². The Morgan fingerprint density at radius 1 is 1.00 bits per heavy atom. The first-order chi connectivity index (χ1) is 12.6. The Morgan fingerprint density at radius 3 is 2.23 bits per heavy atom. The molecule has 0 aliphatic carbocycles. The molecule has 2 atom stereocenters. The molecule has 1 fully saturated rings.